The Kier molecular flexibility index (Phi) is 4.44. The van der Waals surface area contributed by atoms with Gasteiger partial charge in [0.15, 0.2) is 0 Å². The van der Waals surface area contributed by atoms with Crippen molar-refractivity contribution in [2.45, 2.75) is 0 Å². The molecule has 5 heteroatoms. The highest BCUT2D eigenvalue weighted by atomic mass is 16.5. The number of aromatic nitrogens is 1. The van der Waals surface area contributed by atoms with Crippen LogP contribution in [0.5, 0.6) is 5.75 Å². The summed E-state index contributed by atoms with van der Waals surface area (Å²) in [6.07, 6.45) is 1.73. The van der Waals surface area contributed by atoms with Crippen molar-refractivity contribution in [3.63, 3.8) is 0 Å². The van der Waals surface area contributed by atoms with E-state index >= 15 is 0 Å². The van der Waals surface area contributed by atoms with Gasteiger partial charge in [-0.25, -0.2) is 0 Å². The molecule has 0 radical (unpaired) electrons. The van der Waals surface area contributed by atoms with Crippen LogP contribution in [0.1, 0.15) is 10.4 Å². The number of piperazine rings is 1. The Morgan fingerprint density at radius 3 is 2.54 bits per heavy atom. The Labute approximate surface area is 152 Å². The average Bonchev–Trinajstić information content (AvgIpc) is 2.73. The second-order valence-corrected chi connectivity index (χ2v) is 6.33. The molecule has 0 unspecified atom stereocenters. The predicted molar refractivity (Wildman–Crippen MR) is 103 cm³/mol. The first-order chi connectivity index (χ1) is 12.8. The van der Waals surface area contributed by atoms with Gasteiger partial charge in [-0.1, -0.05) is 30.3 Å². The zero-order valence-corrected chi connectivity index (χ0v) is 14.8. The lowest BCUT2D eigenvalue weighted by molar-refractivity contribution is 0.0748. The van der Waals surface area contributed by atoms with Gasteiger partial charge in [0.1, 0.15) is 5.75 Å². The molecule has 0 saturated carbocycles. The molecule has 2 heterocycles. The van der Waals surface area contributed by atoms with Crippen LogP contribution in [0.3, 0.4) is 0 Å². The topological polar surface area (TPSA) is 45.7 Å². The van der Waals surface area contributed by atoms with Gasteiger partial charge < -0.3 is 14.5 Å². The van der Waals surface area contributed by atoms with Crippen molar-refractivity contribution in [3.8, 4) is 5.75 Å². The minimum absolute atomic E-state index is 0.0500. The van der Waals surface area contributed by atoms with E-state index in [0.717, 1.165) is 35.4 Å². The minimum Gasteiger partial charge on any atom is -0.495 e. The van der Waals surface area contributed by atoms with Crippen LogP contribution in [0, 0.1) is 0 Å². The maximum atomic E-state index is 13.0. The van der Waals surface area contributed by atoms with Crippen LogP contribution >= 0.6 is 0 Å². The van der Waals surface area contributed by atoms with Gasteiger partial charge in [-0.05, 0) is 24.3 Å². The van der Waals surface area contributed by atoms with Gasteiger partial charge in [0.05, 0.1) is 23.9 Å². The maximum absolute atomic E-state index is 13.0. The highest BCUT2D eigenvalue weighted by molar-refractivity contribution is 6.05. The van der Waals surface area contributed by atoms with Crippen LogP contribution < -0.4 is 9.64 Å². The number of amides is 1. The number of anilines is 1. The van der Waals surface area contributed by atoms with E-state index in [0.29, 0.717) is 18.7 Å². The molecule has 3 aromatic rings. The average molecular weight is 347 g/mol. The zero-order chi connectivity index (χ0) is 17.9. The molecule has 26 heavy (non-hydrogen) atoms. The smallest absolute Gasteiger partial charge is 0.256 e. The van der Waals surface area contributed by atoms with Crippen molar-refractivity contribution in [2.24, 2.45) is 0 Å². The molecule has 1 amide bonds. The van der Waals surface area contributed by atoms with Crippen molar-refractivity contribution in [1.82, 2.24) is 9.88 Å². The number of methoxy groups -OCH3 is 1. The summed E-state index contributed by atoms with van der Waals surface area (Å²) in [4.78, 5) is 21.6. The van der Waals surface area contributed by atoms with E-state index in [-0.39, 0.29) is 5.91 Å². The Morgan fingerprint density at radius 1 is 0.962 bits per heavy atom. The lowest BCUT2D eigenvalue weighted by Crippen LogP contribution is -2.49. The van der Waals surface area contributed by atoms with Gasteiger partial charge in [0.2, 0.25) is 0 Å². The Bertz CT molecular complexity index is 928. The van der Waals surface area contributed by atoms with Crippen LogP contribution in [0.4, 0.5) is 5.69 Å². The summed E-state index contributed by atoms with van der Waals surface area (Å²) in [7, 11) is 1.69. The molecule has 0 N–H and O–H groups in total. The molecule has 0 aliphatic carbocycles. The molecule has 4 rings (SSSR count). The van der Waals surface area contributed by atoms with Gasteiger partial charge in [0.25, 0.3) is 5.91 Å². The van der Waals surface area contributed by atoms with Crippen molar-refractivity contribution >= 4 is 22.5 Å². The lowest BCUT2D eigenvalue weighted by Gasteiger charge is -2.36. The highest BCUT2D eigenvalue weighted by Gasteiger charge is 2.24. The van der Waals surface area contributed by atoms with Crippen molar-refractivity contribution in [1.29, 1.82) is 0 Å². The molecular weight excluding hydrogens is 326 g/mol. The summed E-state index contributed by atoms with van der Waals surface area (Å²) in [5, 5.41) is 0.992. The van der Waals surface area contributed by atoms with E-state index in [9.17, 15) is 4.79 Å². The number of para-hydroxylation sites is 3. The van der Waals surface area contributed by atoms with Gasteiger partial charge >= 0.3 is 0 Å². The Hall–Kier alpha value is -3.08. The quantitative estimate of drug-likeness (QED) is 0.730. The minimum atomic E-state index is 0.0500. The predicted octanol–water partition coefficient (Wildman–Crippen LogP) is 3.21. The van der Waals surface area contributed by atoms with Crippen LogP contribution in [0.25, 0.3) is 10.9 Å². The summed E-state index contributed by atoms with van der Waals surface area (Å²) in [6, 6.07) is 17.7. The van der Waals surface area contributed by atoms with Crippen LogP contribution in [-0.4, -0.2) is 49.1 Å². The highest BCUT2D eigenvalue weighted by Crippen LogP contribution is 2.28. The first-order valence-corrected chi connectivity index (χ1v) is 8.79. The summed E-state index contributed by atoms with van der Waals surface area (Å²) in [6.45, 7) is 2.93. The fourth-order valence-electron chi connectivity index (χ4n) is 3.49. The van der Waals surface area contributed by atoms with E-state index in [1.807, 2.05) is 53.4 Å². The summed E-state index contributed by atoms with van der Waals surface area (Å²) in [5.41, 5.74) is 2.52. The number of hydrogen-bond donors (Lipinski definition) is 0. The summed E-state index contributed by atoms with van der Waals surface area (Å²) in [5.74, 6) is 0.916. The van der Waals surface area contributed by atoms with E-state index in [1.54, 1.807) is 13.3 Å². The standard InChI is InChI=1S/C21H21N3O2/c1-26-19-10-3-2-9-18(19)23-12-14-24(15-13-23)21(25)17-8-4-6-16-7-5-11-22-20(16)17/h2-11H,12-15H2,1H3. The van der Waals surface area contributed by atoms with Gasteiger partial charge in [-0.2, -0.15) is 0 Å². The molecule has 0 spiro atoms. The molecule has 0 bridgehead atoms. The van der Waals surface area contributed by atoms with Crippen LogP contribution in [-0.2, 0) is 0 Å². The second-order valence-electron chi connectivity index (χ2n) is 6.33. The molecule has 0 atom stereocenters. The molecule has 1 aliphatic rings. The van der Waals surface area contributed by atoms with Gasteiger partial charge in [-0.15, -0.1) is 0 Å². The van der Waals surface area contributed by atoms with Crippen LogP contribution in [0.2, 0.25) is 0 Å². The number of carbonyl (C=O) groups is 1. The zero-order valence-electron chi connectivity index (χ0n) is 14.8. The van der Waals surface area contributed by atoms with E-state index in [2.05, 4.69) is 16.0 Å². The second kappa shape index (κ2) is 7.04. The molecule has 1 fully saturated rings. The Morgan fingerprint density at radius 2 is 1.73 bits per heavy atom. The Balaban J connectivity index is 1.52. The largest absolute Gasteiger partial charge is 0.495 e. The molecule has 1 saturated heterocycles. The third-order valence-electron chi connectivity index (χ3n) is 4.86. The number of hydrogen-bond acceptors (Lipinski definition) is 4. The number of pyridine rings is 1. The van der Waals surface area contributed by atoms with Crippen molar-refractivity contribution < 1.29 is 9.53 Å². The molecule has 1 aromatic heterocycles. The van der Waals surface area contributed by atoms with E-state index < -0.39 is 0 Å². The van der Waals surface area contributed by atoms with Crippen molar-refractivity contribution in [3.05, 3.63) is 66.4 Å². The number of carbonyl (C=O) groups excluding carboxylic acids is 1. The maximum Gasteiger partial charge on any atom is 0.256 e. The summed E-state index contributed by atoms with van der Waals surface area (Å²) >= 11 is 0. The molecule has 2 aromatic carbocycles. The van der Waals surface area contributed by atoms with Crippen molar-refractivity contribution in [2.75, 3.05) is 38.2 Å². The first-order valence-electron chi connectivity index (χ1n) is 8.79. The van der Waals surface area contributed by atoms with Gasteiger partial charge in [-0.3, -0.25) is 9.78 Å². The lowest BCUT2D eigenvalue weighted by atomic mass is 10.1. The molecule has 5 nitrogen and oxygen atoms in total. The number of fused-ring (bicyclic) bond motifs is 1. The van der Waals surface area contributed by atoms with E-state index in [4.69, 9.17) is 4.74 Å². The SMILES string of the molecule is COc1ccccc1N1CCN(C(=O)c2cccc3cccnc23)CC1. The third kappa shape index (κ3) is 2.96. The third-order valence-corrected chi connectivity index (χ3v) is 4.86. The molecule has 132 valence electrons. The monoisotopic (exact) mass is 347 g/mol. The number of benzene rings is 2. The van der Waals surface area contributed by atoms with Crippen LogP contribution in [0.15, 0.2) is 60.8 Å². The number of rotatable bonds is 3. The first kappa shape index (κ1) is 16.4. The molecular formula is C21H21N3O2. The summed E-state index contributed by atoms with van der Waals surface area (Å²) < 4.78 is 5.46. The van der Waals surface area contributed by atoms with Gasteiger partial charge in [0, 0.05) is 37.8 Å². The number of nitrogens with zero attached hydrogens (tertiary/aromatic N) is 3. The fourth-order valence-corrected chi connectivity index (χ4v) is 3.49. The fraction of sp³-hybridized carbons (Fsp3) is 0.238. The normalized spacial score (nSPS) is 14.5. The molecule has 1 aliphatic heterocycles. The van der Waals surface area contributed by atoms with E-state index in [1.165, 1.54) is 0 Å². The number of ether oxygens (including phenoxy) is 1.